The zero-order valence-corrected chi connectivity index (χ0v) is 20.7. The van der Waals surface area contributed by atoms with Gasteiger partial charge in [0.1, 0.15) is 12.6 Å². The molecule has 0 radical (unpaired) electrons. The van der Waals surface area contributed by atoms with Gasteiger partial charge in [-0.3, -0.25) is 14.5 Å². The number of sulfonamides is 1. The molecular weight excluding hydrogens is 464 g/mol. The van der Waals surface area contributed by atoms with Gasteiger partial charge in [-0.2, -0.15) is 4.31 Å². The average Bonchev–Trinajstić information content (AvgIpc) is 2.90. The lowest BCUT2D eigenvalue weighted by Crippen LogP contribution is -2.57. The first-order valence-corrected chi connectivity index (χ1v) is 13.9. The number of benzene rings is 2. The minimum atomic E-state index is -3.66. The lowest BCUT2D eigenvalue weighted by atomic mass is 9.96. The minimum absolute atomic E-state index is 0.139. The summed E-state index contributed by atoms with van der Waals surface area (Å²) in [5.74, 6) is -0.415. The Bertz CT molecular complexity index is 1200. The quantitative estimate of drug-likeness (QED) is 0.664. The van der Waals surface area contributed by atoms with Crippen LogP contribution >= 0.6 is 0 Å². The zero-order chi connectivity index (χ0) is 24.4. The first kappa shape index (κ1) is 23.8. The van der Waals surface area contributed by atoms with Gasteiger partial charge in [-0.05, 0) is 55.9 Å². The number of nitrogens with one attached hydrogen (secondary N) is 1. The fourth-order valence-corrected chi connectivity index (χ4v) is 6.85. The van der Waals surface area contributed by atoms with Crippen molar-refractivity contribution in [2.45, 2.75) is 56.0 Å². The average molecular weight is 497 g/mol. The van der Waals surface area contributed by atoms with Crippen molar-refractivity contribution in [2.24, 2.45) is 0 Å². The molecule has 0 aliphatic carbocycles. The first-order valence-electron chi connectivity index (χ1n) is 12.5. The van der Waals surface area contributed by atoms with E-state index in [2.05, 4.69) is 10.2 Å². The molecule has 0 bridgehead atoms. The second-order valence-corrected chi connectivity index (χ2v) is 11.4. The third-order valence-corrected chi connectivity index (χ3v) is 9.08. The van der Waals surface area contributed by atoms with E-state index < -0.39 is 10.0 Å². The Balaban J connectivity index is 1.44. The van der Waals surface area contributed by atoms with E-state index in [0.29, 0.717) is 25.3 Å². The van der Waals surface area contributed by atoms with Crippen LogP contribution in [0.5, 0.6) is 0 Å². The molecule has 2 aromatic carbocycles. The van der Waals surface area contributed by atoms with Gasteiger partial charge in [0.15, 0.2) is 0 Å². The van der Waals surface area contributed by atoms with Gasteiger partial charge in [0, 0.05) is 26.2 Å². The van der Waals surface area contributed by atoms with Gasteiger partial charge < -0.3 is 10.2 Å². The van der Waals surface area contributed by atoms with Crippen LogP contribution in [-0.2, 0) is 26.2 Å². The van der Waals surface area contributed by atoms with Gasteiger partial charge >= 0.3 is 0 Å². The van der Waals surface area contributed by atoms with E-state index in [-0.39, 0.29) is 29.3 Å². The fraction of sp³-hybridized carbons (Fsp3) is 0.462. The summed E-state index contributed by atoms with van der Waals surface area (Å²) in [6.45, 7) is 2.00. The molecule has 3 aliphatic rings. The predicted octanol–water partition coefficient (Wildman–Crippen LogP) is 2.88. The molecule has 0 saturated carbocycles. The Kier molecular flexibility index (Phi) is 6.80. The molecule has 0 aromatic heterocycles. The summed E-state index contributed by atoms with van der Waals surface area (Å²) >= 11 is 0. The standard InChI is InChI=1S/C26H32N4O4S/c31-25(27-18-20-9-3-1-4-10-20)19-30-24-17-21(35(33,34)28-14-6-2-7-15-28)12-13-22(24)29-16-8-5-11-23(29)26(30)32/h1,3-4,9-10,12-13,17,23H,2,5-8,11,14-16,18-19H2,(H,27,31)/t23-/m1/s1. The summed E-state index contributed by atoms with van der Waals surface area (Å²) in [5.41, 5.74) is 2.29. The van der Waals surface area contributed by atoms with Crippen LogP contribution in [0, 0.1) is 0 Å². The normalized spacial score (nSPS) is 20.8. The lowest BCUT2D eigenvalue weighted by molar-refractivity contribution is -0.125. The SMILES string of the molecule is O=C(CN1C(=O)[C@H]2CCCCN2c2ccc(S(=O)(=O)N3CCCCC3)cc21)NCc1ccccc1. The summed E-state index contributed by atoms with van der Waals surface area (Å²) < 4.78 is 28.2. The van der Waals surface area contributed by atoms with E-state index in [4.69, 9.17) is 0 Å². The number of hydrogen-bond donors (Lipinski definition) is 1. The van der Waals surface area contributed by atoms with Crippen molar-refractivity contribution in [3.8, 4) is 0 Å². The number of piperidine rings is 2. The van der Waals surface area contributed by atoms with E-state index in [9.17, 15) is 18.0 Å². The molecule has 9 heteroatoms. The maximum absolute atomic E-state index is 13.5. The summed E-state index contributed by atoms with van der Waals surface area (Å²) in [4.78, 5) is 30.2. The molecule has 8 nitrogen and oxygen atoms in total. The molecule has 2 amide bonds. The van der Waals surface area contributed by atoms with Crippen LogP contribution in [0.25, 0.3) is 0 Å². The predicted molar refractivity (Wildman–Crippen MR) is 135 cm³/mol. The first-order chi connectivity index (χ1) is 16.9. The van der Waals surface area contributed by atoms with Gasteiger partial charge in [0.25, 0.3) is 0 Å². The number of nitrogens with zero attached hydrogens (tertiary/aromatic N) is 3. The highest BCUT2D eigenvalue weighted by Crippen LogP contribution is 2.41. The van der Waals surface area contributed by atoms with Crippen LogP contribution in [0.1, 0.15) is 44.1 Å². The fourth-order valence-electron chi connectivity index (χ4n) is 5.31. The summed E-state index contributed by atoms with van der Waals surface area (Å²) in [5, 5.41) is 2.89. The monoisotopic (exact) mass is 496 g/mol. The summed E-state index contributed by atoms with van der Waals surface area (Å²) in [7, 11) is -3.66. The van der Waals surface area contributed by atoms with Gasteiger partial charge in [-0.25, -0.2) is 8.42 Å². The second kappa shape index (κ2) is 9.99. The van der Waals surface area contributed by atoms with Gasteiger partial charge in [-0.15, -0.1) is 0 Å². The van der Waals surface area contributed by atoms with Crippen molar-refractivity contribution in [1.82, 2.24) is 9.62 Å². The minimum Gasteiger partial charge on any atom is -0.358 e. The van der Waals surface area contributed by atoms with E-state index in [1.807, 2.05) is 36.4 Å². The number of hydrogen-bond acceptors (Lipinski definition) is 5. The van der Waals surface area contributed by atoms with E-state index in [1.54, 1.807) is 12.1 Å². The zero-order valence-electron chi connectivity index (χ0n) is 19.9. The molecule has 3 heterocycles. The Labute approximate surface area is 206 Å². The summed E-state index contributed by atoms with van der Waals surface area (Å²) in [6, 6.07) is 14.3. The Morgan fingerprint density at radius 2 is 1.66 bits per heavy atom. The van der Waals surface area contributed by atoms with Crippen LogP contribution < -0.4 is 15.1 Å². The highest BCUT2D eigenvalue weighted by atomic mass is 32.2. The molecule has 2 saturated heterocycles. The van der Waals surface area contributed by atoms with E-state index >= 15 is 0 Å². The summed E-state index contributed by atoms with van der Waals surface area (Å²) in [6.07, 6.45) is 5.41. The Hall–Kier alpha value is -2.91. The van der Waals surface area contributed by atoms with Crippen LogP contribution in [0.3, 0.4) is 0 Å². The number of carbonyl (C=O) groups excluding carboxylic acids is 2. The molecule has 5 rings (SSSR count). The molecule has 0 unspecified atom stereocenters. The van der Waals surface area contributed by atoms with Crippen molar-refractivity contribution in [1.29, 1.82) is 0 Å². The molecule has 1 N–H and O–H groups in total. The molecule has 2 aromatic rings. The number of carbonyl (C=O) groups is 2. The third-order valence-electron chi connectivity index (χ3n) is 7.19. The molecular formula is C26H32N4O4S. The Morgan fingerprint density at radius 3 is 2.43 bits per heavy atom. The van der Waals surface area contributed by atoms with Crippen molar-refractivity contribution < 1.29 is 18.0 Å². The molecule has 35 heavy (non-hydrogen) atoms. The molecule has 186 valence electrons. The van der Waals surface area contributed by atoms with E-state index in [1.165, 1.54) is 9.21 Å². The van der Waals surface area contributed by atoms with Gasteiger partial charge in [0.2, 0.25) is 21.8 Å². The van der Waals surface area contributed by atoms with Crippen LogP contribution in [0.2, 0.25) is 0 Å². The molecule has 2 fully saturated rings. The highest BCUT2D eigenvalue weighted by Gasteiger charge is 2.41. The van der Waals surface area contributed by atoms with Crippen LogP contribution in [0.15, 0.2) is 53.4 Å². The van der Waals surface area contributed by atoms with Crippen LogP contribution in [-0.4, -0.2) is 56.8 Å². The highest BCUT2D eigenvalue weighted by molar-refractivity contribution is 7.89. The topological polar surface area (TPSA) is 90.0 Å². The maximum Gasteiger partial charge on any atom is 0.250 e. The van der Waals surface area contributed by atoms with Crippen molar-refractivity contribution >= 4 is 33.2 Å². The van der Waals surface area contributed by atoms with Crippen molar-refractivity contribution in [3.05, 3.63) is 54.1 Å². The smallest absolute Gasteiger partial charge is 0.250 e. The third kappa shape index (κ3) is 4.79. The Morgan fingerprint density at radius 1 is 0.914 bits per heavy atom. The van der Waals surface area contributed by atoms with Gasteiger partial charge in [0.05, 0.1) is 16.3 Å². The van der Waals surface area contributed by atoms with Crippen molar-refractivity contribution in [2.75, 3.05) is 36.0 Å². The molecule has 3 aliphatic heterocycles. The number of rotatable bonds is 6. The molecule has 0 spiro atoms. The molecule has 1 atom stereocenters. The largest absolute Gasteiger partial charge is 0.358 e. The van der Waals surface area contributed by atoms with Crippen molar-refractivity contribution in [3.63, 3.8) is 0 Å². The maximum atomic E-state index is 13.5. The van der Waals surface area contributed by atoms with Crippen LogP contribution in [0.4, 0.5) is 11.4 Å². The van der Waals surface area contributed by atoms with E-state index in [0.717, 1.165) is 56.3 Å². The number of fused-ring (bicyclic) bond motifs is 3. The second-order valence-electron chi connectivity index (χ2n) is 9.51. The number of anilines is 2. The number of amides is 2. The van der Waals surface area contributed by atoms with Gasteiger partial charge in [-0.1, -0.05) is 36.8 Å². The lowest BCUT2D eigenvalue weighted by Gasteiger charge is -2.45.